The molecular formula is C42H76O8Si2. The minimum atomic E-state index is -2.25. The van der Waals surface area contributed by atoms with Gasteiger partial charge in [-0.05, 0) is 93.4 Å². The Balaban J connectivity index is 2.23. The number of ether oxygens (including phenoxy) is 3. The fraction of sp³-hybridized carbons (Fsp3) is 0.810. The molecule has 52 heavy (non-hydrogen) atoms. The molecule has 2 aliphatic rings. The summed E-state index contributed by atoms with van der Waals surface area (Å²) < 4.78 is 31.6. The Morgan fingerprint density at radius 3 is 2.19 bits per heavy atom. The van der Waals surface area contributed by atoms with Crippen LogP contribution in [-0.4, -0.2) is 75.9 Å². The molecule has 8 nitrogen and oxygen atoms in total. The van der Waals surface area contributed by atoms with Gasteiger partial charge in [-0.15, -0.1) is 0 Å². The number of allylic oxidation sites excluding steroid dienone is 3. The Labute approximate surface area is 319 Å². The summed E-state index contributed by atoms with van der Waals surface area (Å²) in [4.78, 5) is 25.6. The zero-order chi connectivity index (χ0) is 40.0. The molecule has 0 amide bonds. The van der Waals surface area contributed by atoms with Crippen LogP contribution < -0.4 is 0 Å². The molecule has 0 saturated carbocycles. The molecule has 1 saturated heterocycles. The molecule has 10 heteroatoms. The number of cyclic esters (lactones) is 1. The molecule has 2 rings (SSSR count). The number of aliphatic hydroxyl groups is 1. The van der Waals surface area contributed by atoms with Crippen molar-refractivity contribution in [2.24, 2.45) is 17.8 Å². The van der Waals surface area contributed by atoms with Crippen LogP contribution >= 0.6 is 0 Å². The Morgan fingerprint density at radius 2 is 1.65 bits per heavy atom. The highest BCUT2D eigenvalue weighted by Gasteiger charge is 2.48. The lowest BCUT2D eigenvalue weighted by molar-refractivity contribution is -0.157. The topological polar surface area (TPSA) is 104 Å². The smallest absolute Gasteiger partial charge is 0.308 e. The highest BCUT2D eigenvalue weighted by atomic mass is 28.4. The molecule has 10 unspecified atom stereocenters. The summed E-state index contributed by atoms with van der Waals surface area (Å²) >= 11 is 0. The number of carbonyl (C=O) groups excluding carboxylic acids is 2. The van der Waals surface area contributed by atoms with Crippen LogP contribution in [0.2, 0.25) is 36.3 Å². The van der Waals surface area contributed by atoms with E-state index in [1.54, 1.807) is 13.0 Å². The van der Waals surface area contributed by atoms with Gasteiger partial charge in [-0.3, -0.25) is 9.59 Å². The Hall–Kier alpha value is -1.57. The molecule has 300 valence electrons. The molecule has 0 aliphatic carbocycles. The maximum atomic E-state index is 13.6. The van der Waals surface area contributed by atoms with E-state index in [9.17, 15) is 14.7 Å². The zero-order valence-electron chi connectivity index (χ0n) is 35.9. The van der Waals surface area contributed by atoms with Crippen LogP contribution in [-0.2, 0) is 32.7 Å². The average Bonchev–Trinajstić information content (AvgIpc) is 3.75. The van der Waals surface area contributed by atoms with Crippen molar-refractivity contribution in [2.45, 2.75) is 201 Å². The quantitative estimate of drug-likeness (QED) is 0.0650. The van der Waals surface area contributed by atoms with Crippen LogP contribution in [0.3, 0.4) is 0 Å². The second kappa shape index (κ2) is 18.4. The van der Waals surface area contributed by atoms with Crippen LogP contribution in [0.15, 0.2) is 36.0 Å². The molecule has 0 aromatic carbocycles. The van der Waals surface area contributed by atoms with Gasteiger partial charge >= 0.3 is 11.9 Å². The lowest BCUT2D eigenvalue weighted by Gasteiger charge is -2.40. The molecule has 0 radical (unpaired) electrons. The number of epoxide rings is 1. The molecule has 1 fully saturated rings. The van der Waals surface area contributed by atoms with Crippen LogP contribution in [0, 0.1) is 17.8 Å². The number of hydrogen-bond donors (Lipinski definition) is 1. The normalized spacial score (nSPS) is 30.6. The Bertz CT molecular complexity index is 1270. The van der Waals surface area contributed by atoms with E-state index >= 15 is 0 Å². The van der Waals surface area contributed by atoms with Crippen LogP contribution in [0.25, 0.3) is 0 Å². The van der Waals surface area contributed by atoms with Crippen molar-refractivity contribution in [3.05, 3.63) is 36.0 Å². The predicted octanol–water partition coefficient (Wildman–Crippen LogP) is 10.1. The molecule has 10 atom stereocenters. The van der Waals surface area contributed by atoms with E-state index < -0.39 is 46.5 Å². The SMILES string of the molecule is CCC(O[Si](C)(C)C(C)(C)C)C(C)C1OC1CC(C)C=CC=C(C)C1OC(=O)CC(O[Si](C)(C)C(C)(C)C)CCC(C)(O)C(OC(C)=O)C=CC1C. The van der Waals surface area contributed by atoms with Crippen molar-refractivity contribution in [3.8, 4) is 0 Å². The summed E-state index contributed by atoms with van der Waals surface area (Å²) in [6.45, 7) is 36.0. The molecule has 2 aliphatic heterocycles. The van der Waals surface area contributed by atoms with E-state index in [0.29, 0.717) is 18.3 Å². The third kappa shape index (κ3) is 13.6. The van der Waals surface area contributed by atoms with E-state index in [-0.39, 0.29) is 53.1 Å². The third-order valence-corrected chi connectivity index (χ3v) is 21.1. The highest BCUT2D eigenvalue weighted by Crippen LogP contribution is 2.43. The van der Waals surface area contributed by atoms with Crippen molar-refractivity contribution in [3.63, 3.8) is 0 Å². The standard InChI is InChI=1S/C42H76O8Si2/c1-18-34(50-52(16,17)41(10,11)12)31(5)39-35(47-39)26-28(2)20-19-21-29(3)38-30(4)22-23-36(46-32(6)43)42(13,45)25-24-33(27-37(44)48-38)49-51(14,15)40(7,8)9/h19-23,28,30-31,33-36,38-39,45H,18,24-27H2,1-17H3. The van der Waals surface area contributed by atoms with Crippen molar-refractivity contribution < 1.29 is 37.8 Å². The van der Waals surface area contributed by atoms with Crippen LogP contribution in [0.1, 0.15) is 122 Å². The summed E-state index contributed by atoms with van der Waals surface area (Å²) in [5, 5.41) is 11.7. The van der Waals surface area contributed by atoms with Crippen molar-refractivity contribution in [1.82, 2.24) is 0 Å². The van der Waals surface area contributed by atoms with Crippen LogP contribution in [0.5, 0.6) is 0 Å². The average molecular weight is 765 g/mol. The maximum absolute atomic E-state index is 13.6. The fourth-order valence-corrected chi connectivity index (χ4v) is 9.27. The Kier molecular flexibility index (Phi) is 16.5. The molecule has 0 bridgehead atoms. The summed E-state index contributed by atoms with van der Waals surface area (Å²) in [5.74, 6) is -0.414. The first kappa shape index (κ1) is 46.6. The van der Waals surface area contributed by atoms with Crippen molar-refractivity contribution in [2.75, 3.05) is 0 Å². The molecule has 2 heterocycles. The van der Waals surface area contributed by atoms with Gasteiger partial charge in [0.25, 0.3) is 0 Å². The van der Waals surface area contributed by atoms with E-state index in [1.165, 1.54) is 6.92 Å². The van der Waals surface area contributed by atoms with Gasteiger partial charge in [0.05, 0.1) is 24.7 Å². The summed E-state index contributed by atoms with van der Waals surface area (Å²) in [6.07, 6.45) is 11.3. The van der Waals surface area contributed by atoms with Gasteiger partial charge in [-0.25, -0.2) is 0 Å². The first-order valence-electron chi connectivity index (χ1n) is 19.7. The first-order valence-corrected chi connectivity index (χ1v) is 25.6. The molecule has 0 aromatic heterocycles. The van der Waals surface area contributed by atoms with Crippen molar-refractivity contribution in [1.29, 1.82) is 0 Å². The molecular weight excluding hydrogens is 689 g/mol. The zero-order valence-corrected chi connectivity index (χ0v) is 37.9. The monoisotopic (exact) mass is 765 g/mol. The van der Waals surface area contributed by atoms with E-state index in [2.05, 4.69) is 94.6 Å². The summed E-state index contributed by atoms with van der Waals surface area (Å²) in [6, 6.07) is 0. The summed E-state index contributed by atoms with van der Waals surface area (Å²) in [7, 11) is -4.12. The number of esters is 2. The highest BCUT2D eigenvalue weighted by molar-refractivity contribution is 6.74. The van der Waals surface area contributed by atoms with E-state index in [0.717, 1.165) is 18.4 Å². The number of rotatable bonds is 13. The van der Waals surface area contributed by atoms with E-state index in [4.69, 9.17) is 23.1 Å². The second-order valence-corrected chi connectivity index (χ2v) is 28.6. The van der Waals surface area contributed by atoms with Gasteiger partial charge in [0.1, 0.15) is 17.8 Å². The third-order valence-electron chi connectivity index (χ3n) is 12.1. The lowest BCUT2D eigenvalue weighted by Crippen LogP contribution is -2.46. The number of hydrogen-bond acceptors (Lipinski definition) is 8. The number of carbonyl (C=O) groups is 2. The van der Waals surface area contributed by atoms with Crippen LogP contribution in [0.4, 0.5) is 0 Å². The van der Waals surface area contributed by atoms with E-state index in [1.807, 2.05) is 32.1 Å². The molecule has 0 aromatic rings. The van der Waals surface area contributed by atoms with Crippen molar-refractivity contribution >= 4 is 28.6 Å². The minimum Gasteiger partial charge on any atom is -0.457 e. The lowest BCUT2D eigenvalue weighted by atomic mass is 9.88. The minimum absolute atomic E-state index is 0.0617. The van der Waals surface area contributed by atoms with Gasteiger partial charge in [0, 0.05) is 24.9 Å². The fourth-order valence-electron chi connectivity index (χ4n) is 6.39. The van der Waals surface area contributed by atoms with Gasteiger partial charge < -0.3 is 28.2 Å². The predicted molar refractivity (Wildman–Crippen MR) is 217 cm³/mol. The molecule has 1 N–H and O–H groups in total. The van der Waals surface area contributed by atoms with Gasteiger partial charge in [0.15, 0.2) is 16.6 Å². The van der Waals surface area contributed by atoms with Gasteiger partial charge in [-0.2, -0.15) is 0 Å². The molecule has 0 spiro atoms. The first-order chi connectivity index (χ1) is 23.6. The van der Waals surface area contributed by atoms with Gasteiger partial charge in [0.2, 0.25) is 0 Å². The Morgan fingerprint density at radius 1 is 1.06 bits per heavy atom. The second-order valence-electron chi connectivity index (χ2n) is 19.1. The maximum Gasteiger partial charge on any atom is 0.308 e. The van der Waals surface area contributed by atoms with Gasteiger partial charge in [-0.1, -0.05) is 93.5 Å². The summed E-state index contributed by atoms with van der Waals surface area (Å²) in [5.41, 5.74) is -0.456. The largest absolute Gasteiger partial charge is 0.457 e.